The molecule has 0 spiro atoms. The van der Waals surface area contributed by atoms with Gasteiger partial charge < -0.3 is 9.84 Å². The predicted octanol–water partition coefficient (Wildman–Crippen LogP) is 1.14. The van der Waals surface area contributed by atoms with Gasteiger partial charge in [-0.2, -0.15) is 0 Å². The Morgan fingerprint density at radius 1 is 1.21 bits per heavy atom. The first-order chi connectivity index (χ1) is 9.22. The molecular formula is C13H11N3O3. The van der Waals surface area contributed by atoms with E-state index in [1.807, 2.05) is 0 Å². The summed E-state index contributed by atoms with van der Waals surface area (Å²) in [5.41, 5.74) is 1.05. The van der Waals surface area contributed by atoms with Crippen molar-refractivity contribution in [3.63, 3.8) is 0 Å². The molecule has 1 aliphatic rings. The van der Waals surface area contributed by atoms with Crippen LogP contribution in [-0.2, 0) is 0 Å². The molecule has 1 N–H and O–H groups in total. The van der Waals surface area contributed by atoms with Crippen molar-refractivity contribution in [2.45, 2.75) is 6.23 Å². The summed E-state index contributed by atoms with van der Waals surface area (Å²) >= 11 is 0. The number of anilines is 1. The number of carbonyl (C=O) groups is 1. The second-order valence-electron chi connectivity index (χ2n) is 4.07. The molecule has 96 valence electrons. The van der Waals surface area contributed by atoms with E-state index in [-0.39, 0.29) is 11.7 Å². The largest absolute Gasteiger partial charge is 0.480 e. The van der Waals surface area contributed by atoms with Crippen LogP contribution < -0.4 is 9.64 Å². The van der Waals surface area contributed by atoms with E-state index < -0.39 is 6.23 Å². The second kappa shape index (κ2) is 4.33. The molecule has 0 aliphatic carbocycles. The number of aromatic nitrogens is 2. The molecule has 1 aromatic heterocycles. The van der Waals surface area contributed by atoms with E-state index in [9.17, 15) is 9.90 Å². The number of carbonyl (C=O) groups excluding carboxylic acids is 1. The SMILES string of the molecule is COc1ccc(N2C(=O)c3ccccc3C2O)nn1. The molecule has 1 unspecified atom stereocenters. The first-order valence-electron chi connectivity index (χ1n) is 5.70. The second-order valence-corrected chi connectivity index (χ2v) is 4.07. The van der Waals surface area contributed by atoms with E-state index in [2.05, 4.69) is 10.2 Å². The van der Waals surface area contributed by atoms with Gasteiger partial charge in [-0.05, 0) is 12.1 Å². The Bertz CT molecular complexity index is 627. The van der Waals surface area contributed by atoms with Crippen molar-refractivity contribution in [3.8, 4) is 5.88 Å². The Morgan fingerprint density at radius 2 is 2.00 bits per heavy atom. The number of ether oxygens (including phenoxy) is 1. The highest BCUT2D eigenvalue weighted by atomic mass is 16.5. The van der Waals surface area contributed by atoms with E-state index in [0.29, 0.717) is 17.0 Å². The fourth-order valence-electron chi connectivity index (χ4n) is 2.08. The summed E-state index contributed by atoms with van der Waals surface area (Å²) in [7, 11) is 1.48. The van der Waals surface area contributed by atoms with Crippen LogP contribution in [0.15, 0.2) is 36.4 Å². The molecule has 6 heteroatoms. The molecule has 0 saturated carbocycles. The van der Waals surface area contributed by atoms with Crippen molar-refractivity contribution >= 4 is 11.7 Å². The minimum absolute atomic E-state index is 0.287. The van der Waals surface area contributed by atoms with Gasteiger partial charge in [0.2, 0.25) is 5.88 Å². The molecule has 19 heavy (non-hydrogen) atoms. The Balaban J connectivity index is 2.01. The number of benzene rings is 1. The molecule has 0 fully saturated rings. The zero-order valence-corrected chi connectivity index (χ0v) is 10.1. The number of amides is 1. The predicted molar refractivity (Wildman–Crippen MR) is 66.8 cm³/mol. The number of hydrogen-bond acceptors (Lipinski definition) is 5. The third kappa shape index (κ3) is 1.73. The van der Waals surface area contributed by atoms with Gasteiger partial charge in [-0.15, -0.1) is 10.2 Å². The third-order valence-corrected chi connectivity index (χ3v) is 3.01. The topological polar surface area (TPSA) is 75.5 Å². The molecule has 6 nitrogen and oxygen atoms in total. The number of methoxy groups -OCH3 is 1. The van der Waals surface area contributed by atoms with Crippen LogP contribution in [0.2, 0.25) is 0 Å². The first kappa shape index (κ1) is 11.6. The maximum Gasteiger partial charge on any atom is 0.262 e. The van der Waals surface area contributed by atoms with E-state index >= 15 is 0 Å². The standard InChI is InChI=1S/C13H11N3O3/c1-19-11-7-6-10(14-15-11)16-12(17)8-4-2-3-5-9(8)13(16)18/h2-7,12,17H,1H3. The Morgan fingerprint density at radius 3 is 2.63 bits per heavy atom. The third-order valence-electron chi connectivity index (χ3n) is 3.01. The minimum atomic E-state index is -1.04. The smallest absolute Gasteiger partial charge is 0.262 e. The molecule has 3 rings (SSSR count). The van der Waals surface area contributed by atoms with Crippen LogP contribution in [0, 0.1) is 0 Å². The Hall–Kier alpha value is -2.47. The number of aliphatic hydroxyl groups excluding tert-OH is 1. The van der Waals surface area contributed by atoms with Gasteiger partial charge in [-0.25, -0.2) is 0 Å². The van der Waals surface area contributed by atoms with Gasteiger partial charge in [0.25, 0.3) is 5.91 Å². The highest BCUT2D eigenvalue weighted by Gasteiger charge is 2.37. The van der Waals surface area contributed by atoms with Crippen LogP contribution in [0.4, 0.5) is 5.82 Å². The highest BCUT2D eigenvalue weighted by Crippen LogP contribution is 2.34. The minimum Gasteiger partial charge on any atom is -0.480 e. The molecule has 0 saturated heterocycles. The Kier molecular flexibility index (Phi) is 2.64. The van der Waals surface area contributed by atoms with Gasteiger partial charge in [-0.1, -0.05) is 18.2 Å². The lowest BCUT2D eigenvalue weighted by atomic mass is 10.1. The normalized spacial score (nSPS) is 17.5. The van der Waals surface area contributed by atoms with E-state index in [1.54, 1.807) is 36.4 Å². The Labute approximate surface area is 109 Å². The van der Waals surface area contributed by atoms with Crippen LogP contribution in [0.25, 0.3) is 0 Å². The summed E-state index contributed by atoms with van der Waals surface area (Å²) in [6, 6.07) is 10.1. The van der Waals surface area contributed by atoms with Gasteiger partial charge in [0.15, 0.2) is 12.0 Å². The number of nitrogens with zero attached hydrogens (tertiary/aromatic N) is 3. The summed E-state index contributed by atoms with van der Waals surface area (Å²) in [5, 5.41) is 17.9. The van der Waals surface area contributed by atoms with Crippen LogP contribution in [0.1, 0.15) is 22.1 Å². The quantitative estimate of drug-likeness (QED) is 0.873. The van der Waals surface area contributed by atoms with Crippen LogP contribution in [-0.4, -0.2) is 28.3 Å². The fourth-order valence-corrected chi connectivity index (χ4v) is 2.08. The van der Waals surface area contributed by atoms with Crippen molar-refractivity contribution in [2.24, 2.45) is 0 Å². The lowest BCUT2D eigenvalue weighted by Crippen LogP contribution is -2.28. The average molecular weight is 257 g/mol. The number of fused-ring (bicyclic) bond motifs is 1. The molecule has 1 amide bonds. The van der Waals surface area contributed by atoms with Crippen LogP contribution in [0.3, 0.4) is 0 Å². The fraction of sp³-hybridized carbons (Fsp3) is 0.154. The zero-order chi connectivity index (χ0) is 13.4. The van der Waals surface area contributed by atoms with Crippen LogP contribution in [0.5, 0.6) is 5.88 Å². The van der Waals surface area contributed by atoms with Crippen molar-refractivity contribution in [1.82, 2.24) is 10.2 Å². The van der Waals surface area contributed by atoms with E-state index in [0.717, 1.165) is 0 Å². The van der Waals surface area contributed by atoms with Gasteiger partial charge in [0.05, 0.1) is 7.11 Å². The van der Waals surface area contributed by atoms with Gasteiger partial charge in [0, 0.05) is 17.2 Å². The molecule has 0 bridgehead atoms. The number of hydrogen-bond donors (Lipinski definition) is 1. The average Bonchev–Trinajstić information content (AvgIpc) is 2.72. The van der Waals surface area contributed by atoms with Gasteiger partial charge in [-0.3, -0.25) is 9.69 Å². The highest BCUT2D eigenvalue weighted by molar-refractivity contribution is 6.10. The number of rotatable bonds is 2. The zero-order valence-electron chi connectivity index (χ0n) is 10.1. The van der Waals surface area contributed by atoms with Crippen molar-refractivity contribution in [1.29, 1.82) is 0 Å². The van der Waals surface area contributed by atoms with Crippen molar-refractivity contribution < 1.29 is 14.6 Å². The molecule has 2 aromatic rings. The number of aliphatic hydroxyl groups is 1. The molecule has 1 atom stereocenters. The summed E-state index contributed by atoms with van der Waals surface area (Å²) in [4.78, 5) is 13.4. The van der Waals surface area contributed by atoms with Crippen molar-refractivity contribution in [3.05, 3.63) is 47.5 Å². The summed E-state index contributed by atoms with van der Waals surface area (Å²) in [5.74, 6) is 0.347. The summed E-state index contributed by atoms with van der Waals surface area (Å²) in [6.07, 6.45) is -1.04. The first-order valence-corrected chi connectivity index (χ1v) is 5.70. The van der Waals surface area contributed by atoms with Gasteiger partial charge >= 0.3 is 0 Å². The van der Waals surface area contributed by atoms with Crippen molar-refractivity contribution in [2.75, 3.05) is 12.0 Å². The lowest BCUT2D eigenvalue weighted by Gasteiger charge is -2.18. The summed E-state index contributed by atoms with van der Waals surface area (Å²) in [6.45, 7) is 0. The van der Waals surface area contributed by atoms with E-state index in [1.165, 1.54) is 12.0 Å². The molecule has 1 aromatic carbocycles. The summed E-state index contributed by atoms with van der Waals surface area (Å²) < 4.78 is 4.91. The molecule has 1 aliphatic heterocycles. The molecule has 2 heterocycles. The van der Waals surface area contributed by atoms with Crippen LogP contribution >= 0.6 is 0 Å². The lowest BCUT2D eigenvalue weighted by molar-refractivity contribution is 0.0933. The maximum absolute atomic E-state index is 12.2. The monoisotopic (exact) mass is 257 g/mol. The molecule has 0 radical (unpaired) electrons. The maximum atomic E-state index is 12.2. The molecular weight excluding hydrogens is 246 g/mol. The van der Waals surface area contributed by atoms with Gasteiger partial charge in [0.1, 0.15) is 0 Å². The van der Waals surface area contributed by atoms with E-state index in [4.69, 9.17) is 4.74 Å².